The molecule has 0 aliphatic carbocycles. The van der Waals surface area contributed by atoms with Gasteiger partial charge in [0, 0.05) is 37.3 Å². The van der Waals surface area contributed by atoms with Crippen molar-refractivity contribution < 1.29 is 9.13 Å². The molecule has 3 aromatic carbocycles. The highest BCUT2D eigenvalue weighted by Gasteiger charge is 2.35. The first-order chi connectivity index (χ1) is 14.2. The summed E-state index contributed by atoms with van der Waals surface area (Å²) in [6, 6.07) is 23.7. The van der Waals surface area contributed by atoms with Gasteiger partial charge in [0.15, 0.2) is 0 Å². The smallest absolute Gasteiger partial charge is 0.127 e. The lowest BCUT2D eigenvalue weighted by Gasteiger charge is -2.32. The Kier molecular flexibility index (Phi) is 5.93. The maximum Gasteiger partial charge on any atom is 0.127 e. The molecule has 0 saturated carbocycles. The van der Waals surface area contributed by atoms with Crippen molar-refractivity contribution in [1.29, 1.82) is 0 Å². The molecule has 0 spiro atoms. The molecule has 0 amide bonds. The molecule has 0 N–H and O–H groups in total. The minimum Gasteiger partial charge on any atom is -0.496 e. The molecule has 0 radical (unpaired) electrons. The summed E-state index contributed by atoms with van der Waals surface area (Å²) in [6.45, 7) is 5.37. The first-order valence-corrected chi connectivity index (χ1v) is 10.1. The minimum atomic E-state index is -0.149. The topological polar surface area (TPSA) is 15.7 Å². The van der Waals surface area contributed by atoms with Crippen LogP contribution in [0, 0.1) is 12.7 Å². The SMILES string of the molecule is COc1ccccc1[C@H]1N(Cc2ccccc2C)CCN1Cc1ccccc1F. The van der Waals surface area contributed by atoms with Crippen LogP contribution in [0.3, 0.4) is 0 Å². The summed E-state index contributed by atoms with van der Waals surface area (Å²) in [4.78, 5) is 4.80. The van der Waals surface area contributed by atoms with E-state index in [1.807, 2.05) is 30.3 Å². The van der Waals surface area contributed by atoms with Gasteiger partial charge in [0.2, 0.25) is 0 Å². The summed E-state index contributed by atoms with van der Waals surface area (Å²) in [5.41, 5.74) is 4.46. The van der Waals surface area contributed by atoms with Gasteiger partial charge in [0.25, 0.3) is 0 Å². The lowest BCUT2D eigenvalue weighted by Crippen LogP contribution is -2.31. The van der Waals surface area contributed by atoms with Gasteiger partial charge >= 0.3 is 0 Å². The average Bonchev–Trinajstić information content (AvgIpc) is 3.13. The van der Waals surface area contributed by atoms with Crippen molar-refractivity contribution in [2.24, 2.45) is 0 Å². The van der Waals surface area contributed by atoms with Crippen LogP contribution in [0.1, 0.15) is 28.4 Å². The quantitative estimate of drug-likeness (QED) is 0.578. The van der Waals surface area contributed by atoms with Gasteiger partial charge in [-0.15, -0.1) is 0 Å². The number of para-hydroxylation sites is 1. The number of halogens is 1. The molecule has 150 valence electrons. The Bertz CT molecular complexity index is 919. The van der Waals surface area contributed by atoms with E-state index in [0.717, 1.165) is 36.5 Å². The van der Waals surface area contributed by atoms with E-state index in [1.165, 1.54) is 17.2 Å². The van der Waals surface area contributed by atoms with Crippen LogP contribution in [0.4, 0.5) is 4.39 Å². The summed E-state index contributed by atoms with van der Waals surface area (Å²) < 4.78 is 20.0. The maximum atomic E-state index is 14.3. The summed E-state index contributed by atoms with van der Waals surface area (Å²) in [5, 5.41) is 0. The van der Waals surface area contributed by atoms with E-state index in [2.05, 4.69) is 47.1 Å². The number of rotatable bonds is 6. The van der Waals surface area contributed by atoms with Crippen molar-refractivity contribution >= 4 is 0 Å². The molecule has 1 aliphatic heterocycles. The number of ether oxygens (including phenoxy) is 1. The number of nitrogens with zero attached hydrogens (tertiary/aromatic N) is 2. The van der Waals surface area contributed by atoms with Gasteiger partial charge in [-0.25, -0.2) is 4.39 Å². The normalized spacial score (nSPS) is 17.6. The van der Waals surface area contributed by atoms with E-state index in [9.17, 15) is 4.39 Å². The van der Waals surface area contributed by atoms with E-state index in [0.29, 0.717) is 6.54 Å². The van der Waals surface area contributed by atoms with Crippen molar-refractivity contribution in [3.8, 4) is 5.75 Å². The first kappa shape index (κ1) is 19.6. The fourth-order valence-corrected chi connectivity index (χ4v) is 4.19. The zero-order valence-electron chi connectivity index (χ0n) is 17.0. The van der Waals surface area contributed by atoms with Gasteiger partial charge in [0.05, 0.1) is 13.3 Å². The zero-order valence-corrected chi connectivity index (χ0v) is 17.0. The van der Waals surface area contributed by atoms with Crippen LogP contribution in [0.2, 0.25) is 0 Å². The third kappa shape index (κ3) is 4.19. The zero-order chi connectivity index (χ0) is 20.2. The molecule has 0 unspecified atom stereocenters. The number of hydrogen-bond donors (Lipinski definition) is 0. The third-order valence-electron chi connectivity index (χ3n) is 5.75. The summed E-state index contributed by atoms with van der Waals surface area (Å²) in [6.07, 6.45) is 0.0327. The summed E-state index contributed by atoms with van der Waals surface area (Å²) >= 11 is 0. The average molecular weight is 391 g/mol. The lowest BCUT2D eigenvalue weighted by molar-refractivity contribution is 0.121. The van der Waals surface area contributed by atoms with Crippen LogP contribution in [0.5, 0.6) is 5.75 Å². The van der Waals surface area contributed by atoms with Crippen LogP contribution >= 0.6 is 0 Å². The van der Waals surface area contributed by atoms with Crippen LogP contribution < -0.4 is 4.74 Å². The van der Waals surface area contributed by atoms with Gasteiger partial charge in [-0.2, -0.15) is 0 Å². The van der Waals surface area contributed by atoms with Crippen molar-refractivity contribution in [3.63, 3.8) is 0 Å². The van der Waals surface area contributed by atoms with Gasteiger partial charge in [0.1, 0.15) is 11.6 Å². The fraction of sp³-hybridized carbons (Fsp3) is 0.280. The van der Waals surface area contributed by atoms with Gasteiger partial charge < -0.3 is 4.74 Å². The molecule has 4 heteroatoms. The predicted octanol–water partition coefficient (Wildman–Crippen LogP) is 5.16. The fourth-order valence-electron chi connectivity index (χ4n) is 4.19. The first-order valence-electron chi connectivity index (χ1n) is 10.1. The number of benzene rings is 3. The Hall–Kier alpha value is -2.69. The predicted molar refractivity (Wildman–Crippen MR) is 114 cm³/mol. The van der Waals surface area contributed by atoms with Crippen molar-refractivity contribution in [2.45, 2.75) is 26.2 Å². The lowest BCUT2D eigenvalue weighted by atomic mass is 10.1. The molecule has 0 bridgehead atoms. The van der Waals surface area contributed by atoms with Crippen molar-refractivity contribution in [2.75, 3.05) is 20.2 Å². The van der Waals surface area contributed by atoms with Crippen LogP contribution in [-0.2, 0) is 13.1 Å². The Morgan fingerprint density at radius 2 is 1.41 bits per heavy atom. The second-order valence-corrected chi connectivity index (χ2v) is 7.57. The van der Waals surface area contributed by atoms with Crippen molar-refractivity contribution in [1.82, 2.24) is 9.80 Å². The Morgan fingerprint density at radius 1 is 0.828 bits per heavy atom. The number of hydrogen-bond acceptors (Lipinski definition) is 3. The molecule has 1 heterocycles. The Labute approximate surface area is 172 Å². The standard InChI is InChI=1S/C25H27FN2O/c1-19-9-3-4-10-20(19)17-27-15-16-28(18-21-11-5-7-13-23(21)26)25(27)22-12-6-8-14-24(22)29-2/h3-14,25H,15-18H2,1-2H3/t25-/m0/s1. The minimum absolute atomic E-state index is 0.0327. The summed E-state index contributed by atoms with van der Waals surface area (Å²) in [5.74, 6) is 0.719. The molecular formula is C25H27FN2O. The third-order valence-corrected chi connectivity index (χ3v) is 5.75. The van der Waals surface area contributed by atoms with Gasteiger partial charge in [-0.05, 0) is 30.2 Å². The Balaban J connectivity index is 1.68. The molecule has 1 atom stereocenters. The van der Waals surface area contributed by atoms with Crippen LogP contribution in [0.25, 0.3) is 0 Å². The Morgan fingerprint density at radius 3 is 2.10 bits per heavy atom. The second-order valence-electron chi connectivity index (χ2n) is 7.57. The second kappa shape index (κ2) is 8.76. The molecule has 4 rings (SSSR count). The maximum absolute atomic E-state index is 14.3. The van der Waals surface area contributed by atoms with E-state index < -0.39 is 0 Å². The van der Waals surface area contributed by atoms with Gasteiger partial charge in [-0.1, -0.05) is 60.7 Å². The summed E-state index contributed by atoms with van der Waals surface area (Å²) in [7, 11) is 1.71. The molecular weight excluding hydrogens is 363 g/mol. The molecule has 3 aromatic rings. The number of aryl methyl sites for hydroxylation is 1. The van der Waals surface area contributed by atoms with Gasteiger partial charge in [-0.3, -0.25) is 9.80 Å². The van der Waals surface area contributed by atoms with E-state index in [-0.39, 0.29) is 12.0 Å². The molecule has 1 aliphatic rings. The monoisotopic (exact) mass is 390 g/mol. The molecule has 1 fully saturated rings. The number of methoxy groups -OCH3 is 1. The highest BCUT2D eigenvalue weighted by Crippen LogP contribution is 2.37. The largest absolute Gasteiger partial charge is 0.496 e. The van der Waals surface area contributed by atoms with Crippen LogP contribution in [0.15, 0.2) is 72.8 Å². The van der Waals surface area contributed by atoms with E-state index in [4.69, 9.17) is 4.74 Å². The van der Waals surface area contributed by atoms with E-state index >= 15 is 0 Å². The molecule has 3 nitrogen and oxygen atoms in total. The highest BCUT2D eigenvalue weighted by atomic mass is 19.1. The molecule has 29 heavy (non-hydrogen) atoms. The highest BCUT2D eigenvalue weighted by molar-refractivity contribution is 5.37. The van der Waals surface area contributed by atoms with Crippen molar-refractivity contribution in [3.05, 3.63) is 101 Å². The molecule has 0 aromatic heterocycles. The van der Waals surface area contributed by atoms with Crippen LogP contribution in [-0.4, -0.2) is 30.0 Å². The van der Waals surface area contributed by atoms with E-state index in [1.54, 1.807) is 13.2 Å². The molecule has 1 saturated heterocycles.